The fraction of sp³-hybridized carbons (Fsp3) is 0.250. The van der Waals surface area contributed by atoms with Gasteiger partial charge in [0.2, 0.25) is 5.91 Å². The first-order chi connectivity index (χ1) is 12.3. The van der Waals surface area contributed by atoms with Crippen LogP contribution >= 0.6 is 0 Å². The Morgan fingerprint density at radius 2 is 1.84 bits per heavy atom. The van der Waals surface area contributed by atoms with Crippen molar-refractivity contribution < 1.29 is 4.79 Å². The van der Waals surface area contributed by atoms with E-state index in [9.17, 15) is 4.79 Å². The van der Waals surface area contributed by atoms with Crippen LogP contribution in [0.2, 0.25) is 0 Å². The molecule has 0 unspecified atom stereocenters. The summed E-state index contributed by atoms with van der Waals surface area (Å²) in [6.07, 6.45) is 3.64. The van der Waals surface area contributed by atoms with E-state index in [2.05, 4.69) is 21.3 Å². The van der Waals surface area contributed by atoms with Gasteiger partial charge in [-0.3, -0.25) is 9.78 Å². The second-order valence-electron chi connectivity index (χ2n) is 6.82. The van der Waals surface area contributed by atoms with Crippen LogP contribution in [0.25, 0.3) is 11.0 Å². The molecule has 0 saturated carbocycles. The number of amides is 1. The summed E-state index contributed by atoms with van der Waals surface area (Å²) < 4.78 is 0. The number of nitrogens with zero attached hydrogens (tertiary/aromatic N) is 3. The fourth-order valence-electron chi connectivity index (χ4n) is 4.13. The van der Waals surface area contributed by atoms with E-state index in [0.717, 1.165) is 47.5 Å². The highest BCUT2D eigenvalue weighted by molar-refractivity contribution is 6.06. The Morgan fingerprint density at radius 1 is 1.04 bits per heavy atom. The number of hydrogen-bond donors (Lipinski definition) is 1. The molecule has 124 valence electrons. The molecule has 1 amide bonds. The first-order valence-corrected chi connectivity index (χ1v) is 8.64. The second-order valence-corrected chi connectivity index (χ2v) is 6.82. The van der Waals surface area contributed by atoms with E-state index in [1.165, 1.54) is 0 Å². The molecule has 0 radical (unpaired) electrons. The maximum absolute atomic E-state index is 12.8. The summed E-state index contributed by atoms with van der Waals surface area (Å²) in [6, 6.07) is 15.9. The molecule has 2 aromatic carbocycles. The average Bonchev–Trinajstić information content (AvgIpc) is 2.93. The van der Waals surface area contributed by atoms with Crippen molar-refractivity contribution in [3.05, 3.63) is 60.3 Å². The summed E-state index contributed by atoms with van der Waals surface area (Å²) in [5, 5.41) is 3.06. The predicted octanol–water partition coefficient (Wildman–Crippen LogP) is 3.12. The van der Waals surface area contributed by atoms with Gasteiger partial charge in [0.25, 0.3) is 0 Å². The van der Waals surface area contributed by atoms with E-state index in [4.69, 9.17) is 4.98 Å². The molecule has 2 aliphatic rings. The highest BCUT2D eigenvalue weighted by atomic mass is 16.2. The first-order valence-electron chi connectivity index (χ1n) is 8.64. The van der Waals surface area contributed by atoms with Gasteiger partial charge in [0.15, 0.2) is 0 Å². The van der Waals surface area contributed by atoms with Crippen molar-refractivity contribution in [3.63, 3.8) is 0 Å². The molecule has 3 heterocycles. The first kappa shape index (κ1) is 14.4. The molecule has 5 nitrogen and oxygen atoms in total. The van der Waals surface area contributed by atoms with E-state index in [1.807, 2.05) is 48.7 Å². The number of carbonyl (C=O) groups is 1. The molecule has 2 aliphatic heterocycles. The summed E-state index contributed by atoms with van der Waals surface area (Å²) in [5.41, 5.74) is 3.34. The zero-order valence-corrected chi connectivity index (χ0v) is 13.8. The van der Waals surface area contributed by atoms with Crippen molar-refractivity contribution in [1.82, 2.24) is 9.97 Å². The van der Waals surface area contributed by atoms with Gasteiger partial charge in [0.1, 0.15) is 5.82 Å². The number of fused-ring (bicyclic) bond motifs is 3. The minimum atomic E-state index is -0.484. The molecular weight excluding hydrogens is 312 g/mol. The molecule has 1 atom stereocenters. The Kier molecular flexibility index (Phi) is 3.04. The van der Waals surface area contributed by atoms with Crippen molar-refractivity contribution in [2.45, 2.75) is 18.3 Å². The maximum atomic E-state index is 12.8. The van der Waals surface area contributed by atoms with Crippen molar-refractivity contribution in [2.75, 3.05) is 23.3 Å². The van der Waals surface area contributed by atoms with Crippen LogP contribution in [0, 0.1) is 0 Å². The molecule has 1 saturated heterocycles. The monoisotopic (exact) mass is 330 g/mol. The molecule has 1 spiro atoms. The number of carbonyl (C=O) groups excluding carboxylic acids is 1. The molecule has 3 aromatic rings. The number of benzene rings is 2. The van der Waals surface area contributed by atoms with Gasteiger partial charge < -0.3 is 10.2 Å². The van der Waals surface area contributed by atoms with Crippen LogP contribution in [0.5, 0.6) is 0 Å². The maximum Gasteiger partial charge on any atom is 0.236 e. The van der Waals surface area contributed by atoms with Crippen molar-refractivity contribution >= 4 is 28.4 Å². The van der Waals surface area contributed by atoms with Crippen molar-refractivity contribution in [1.29, 1.82) is 0 Å². The highest BCUT2D eigenvalue weighted by Gasteiger charge is 2.49. The summed E-state index contributed by atoms with van der Waals surface area (Å²) in [4.78, 5) is 24.3. The molecule has 0 bridgehead atoms. The number of para-hydroxylation sites is 3. The SMILES string of the molecule is O=C1Nc2ccccc2[C@]12CCCN(c1cnc3ccccc3n1)C2. The number of rotatable bonds is 1. The molecular formula is C20H18N4O. The Morgan fingerprint density at radius 3 is 2.76 bits per heavy atom. The molecule has 5 heteroatoms. The summed E-state index contributed by atoms with van der Waals surface area (Å²) >= 11 is 0. The third-order valence-corrected chi connectivity index (χ3v) is 5.38. The quantitative estimate of drug-likeness (QED) is 0.745. The fourth-order valence-corrected chi connectivity index (χ4v) is 4.13. The van der Waals surface area contributed by atoms with E-state index in [-0.39, 0.29) is 5.91 Å². The van der Waals surface area contributed by atoms with Gasteiger partial charge in [-0.2, -0.15) is 0 Å². The Balaban J connectivity index is 1.55. The third kappa shape index (κ3) is 2.12. The molecule has 1 fully saturated rings. The molecule has 5 rings (SSSR count). The van der Waals surface area contributed by atoms with Crippen LogP contribution in [0.3, 0.4) is 0 Å². The largest absolute Gasteiger partial charge is 0.354 e. The van der Waals surface area contributed by atoms with Gasteiger partial charge in [0.05, 0.1) is 22.6 Å². The lowest BCUT2D eigenvalue weighted by Gasteiger charge is -2.39. The summed E-state index contributed by atoms with van der Waals surface area (Å²) in [5.74, 6) is 0.946. The van der Waals surface area contributed by atoms with Gasteiger partial charge >= 0.3 is 0 Å². The van der Waals surface area contributed by atoms with Crippen molar-refractivity contribution in [3.8, 4) is 0 Å². The minimum Gasteiger partial charge on any atom is -0.354 e. The summed E-state index contributed by atoms with van der Waals surface area (Å²) in [6.45, 7) is 1.53. The topological polar surface area (TPSA) is 58.1 Å². The number of piperidine rings is 1. The summed E-state index contributed by atoms with van der Waals surface area (Å²) in [7, 11) is 0. The van der Waals surface area contributed by atoms with Gasteiger partial charge in [-0.15, -0.1) is 0 Å². The molecule has 25 heavy (non-hydrogen) atoms. The van der Waals surface area contributed by atoms with Gasteiger partial charge in [0, 0.05) is 18.8 Å². The number of aromatic nitrogens is 2. The molecule has 0 aliphatic carbocycles. The van der Waals surface area contributed by atoms with Gasteiger partial charge in [-0.05, 0) is 36.6 Å². The van der Waals surface area contributed by atoms with E-state index in [1.54, 1.807) is 0 Å². The Bertz CT molecular complexity index is 986. The zero-order valence-electron chi connectivity index (χ0n) is 13.8. The lowest BCUT2D eigenvalue weighted by atomic mass is 9.75. The van der Waals surface area contributed by atoms with Crippen molar-refractivity contribution in [2.24, 2.45) is 0 Å². The van der Waals surface area contributed by atoms with Crippen LogP contribution < -0.4 is 10.2 Å². The van der Waals surface area contributed by atoms with Gasteiger partial charge in [-0.1, -0.05) is 30.3 Å². The predicted molar refractivity (Wildman–Crippen MR) is 97.7 cm³/mol. The van der Waals surface area contributed by atoms with Crippen LogP contribution in [-0.4, -0.2) is 29.0 Å². The molecule has 1 N–H and O–H groups in total. The number of anilines is 2. The van der Waals surface area contributed by atoms with E-state index < -0.39 is 5.41 Å². The Labute approximate surface area is 145 Å². The second kappa shape index (κ2) is 5.28. The van der Waals surface area contributed by atoms with Crippen LogP contribution in [-0.2, 0) is 10.2 Å². The van der Waals surface area contributed by atoms with E-state index in [0.29, 0.717) is 6.54 Å². The normalized spacial score (nSPS) is 22.2. The third-order valence-electron chi connectivity index (χ3n) is 5.38. The average molecular weight is 330 g/mol. The lowest BCUT2D eigenvalue weighted by molar-refractivity contribution is -0.121. The van der Waals surface area contributed by atoms with Crippen LogP contribution in [0.15, 0.2) is 54.7 Å². The molecule has 1 aromatic heterocycles. The Hall–Kier alpha value is -2.95. The smallest absolute Gasteiger partial charge is 0.236 e. The lowest BCUT2D eigenvalue weighted by Crippen LogP contribution is -2.50. The van der Waals surface area contributed by atoms with Gasteiger partial charge in [-0.25, -0.2) is 4.98 Å². The standard InChI is InChI=1S/C20H18N4O/c25-19-20(14-6-1-2-7-15(14)23-19)10-5-11-24(13-20)18-12-21-16-8-3-4-9-17(16)22-18/h1-4,6-9,12H,5,10-11,13H2,(H,23,25)/t20-/m1/s1. The minimum absolute atomic E-state index is 0.104. The van der Waals surface area contributed by atoms with E-state index >= 15 is 0 Å². The number of nitrogens with one attached hydrogen (secondary N) is 1. The van der Waals surface area contributed by atoms with Crippen LogP contribution in [0.1, 0.15) is 18.4 Å². The van der Waals surface area contributed by atoms with Crippen LogP contribution in [0.4, 0.5) is 11.5 Å². The highest BCUT2D eigenvalue weighted by Crippen LogP contribution is 2.44. The zero-order chi connectivity index (χ0) is 16.9. The number of hydrogen-bond acceptors (Lipinski definition) is 4.